The molecule has 6 nitrogen and oxygen atoms in total. The number of aryl methyl sites for hydroxylation is 2. The molecule has 3 aromatic rings. The van der Waals surface area contributed by atoms with Gasteiger partial charge in [0.15, 0.2) is 5.65 Å². The largest absolute Gasteiger partial charge is 0.340 e. The summed E-state index contributed by atoms with van der Waals surface area (Å²) in [6, 6.07) is 6.75. The van der Waals surface area contributed by atoms with Crippen LogP contribution in [-0.4, -0.2) is 32.8 Å². The van der Waals surface area contributed by atoms with Gasteiger partial charge < -0.3 is 10.6 Å². The van der Waals surface area contributed by atoms with E-state index in [1.54, 1.807) is 6.33 Å². The van der Waals surface area contributed by atoms with Crippen molar-refractivity contribution in [2.75, 3.05) is 18.4 Å². The van der Waals surface area contributed by atoms with Crippen molar-refractivity contribution in [3.8, 4) is 0 Å². The Labute approximate surface area is 141 Å². The molecule has 0 spiro atoms. The van der Waals surface area contributed by atoms with Gasteiger partial charge in [-0.15, -0.1) is 0 Å². The first kappa shape index (κ1) is 15.1. The summed E-state index contributed by atoms with van der Waals surface area (Å²) in [7, 11) is 0. The van der Waals surface area contributed by atoms with Crippen LogP contribution in [0, 0.1) is 13.8 Å². The number of piperidine rings is 1. The minimum Gasteiger partial charge on any atom is -0.340 e. The highest BCUT2D eigenvalue weighted by Crippen LogP contribution is 2.27. The van der Waals surface area contributed by atoms with Crippen LogP contribution >= 0.6 is 0 Å². The maximum Gasteiger partial charge on any atom is 0.163 e. The summed E-state index contributed by atoms with van der Waals surface area (Å²) >= 11 is 0. The van der Waals surface area contributed by atoms with Gasteiger partial charge in [0, 0.05) is 5.69 Å². The monoisotopic (exact) mass is 322 g/mol. The van der Waals surface area contributed by atoms with Gasteiger partial charge in [-0.1, -0.05) is 6.07 Å². The second kappa shape index (κ2) is 6.20. The number of fused-ring (bicyclic) bond motifs is 1. The van der Waals surface area contributed by atoms with Gasteiger partial charge in [0.05, 0.1) is 17.6 Å². The number of nitrogens with zero attached hydrogens (tertiary/aromatic N) is 4. The summed E-state index contributed by atoms with van der Waals surface area (Å²) < 4.78 is 2.06. The molecule has 1 aromatic carbocycles. The van der Waals surface area contributed by atoms with Crippen LogP contribution in [0.2, 0.25) is 0 Å². The molecule has 1 aliphatic heterocycles. The first-order valence-electron chi connectivity index (χ1n) is 8.45. The van der Waals surface area contributed by atoms with E-state index in [-0.39, 0.29) is 0 Å². The van der Waals surface area contributed by atoms with Crippen molar-refractivity contribution in [2.24, 2.45) is 0 Å². The Morgan fingerprint density at radius 1 is 1.12 bits per heavy atom. The molecule has 124 valence electrons. The fraction of sp³-hybridized carbons (Fsp3) is 0.389. The minimum atomic E-state index is 0.410. The molecule has 0 amide bonds. The van der Waals surface area contributed by atoms with E-state index in [0.717, 1.165) is 48.5 Å². The first-order valence-corrected chi connectivity index (χ1v) is 8.45. The molecule has 2 aromatic heterocycles. The molecule has 0 atom stereocenters. The van der Waals surface area contributed by atoms with Crippen LogP contribution in [-0.2, 0) is 0 Å². The highest BCUT2D eigenvalue weighted by Gasteiger charge is 2.19. The number of benzene rings is 1. The van der Waals surface area contributed by atoms with Crippen molar-refractivity contribution in [3.63, 3.8) is 0 Å². The zero-order chi connectivity index (χ0) is 16.5. The van der Waals surface area contributed by atoms with Gasteiger partial charge in [-0.2, -0.15) is 5.10 Å². The lowest BCUT2D eigenvalue weighted by Gasteiger charge is -2.23. The molecule has 6 heteroatoms. The molecule has 1 aliphatic rings. The molecule has 0 bridgehead atoms. The number of anilines is 2. The molecule has 3 heterocycles. The van der Waals surface area contributed by atoms with E-state index >= 15 is 0 Å². The SMILES string of the molecule is Cc1ccc(Nc2ncnc3c2cnn3C2CCNCC2)cc1C. The van der Waals surface area contributed by atoms with Crippen LogP contribution in [0.3, 0.4) is 0 Å². The number of nitrogens with one attached hydrogen (secondary N) is 2. The summed E-state index contributed by atoms with van der Waals surface area (Å²) in [6.45, 7) is 6.30. The third kappa shape index (κ3) is 2.73. The Morgan fingerprint density at radius 3 is 2.75 bits per heavy atom. The predicted molar refractivity (Wildman–Crippen MR) is 95.7 cm³/mol. The second-order valence-electron chi connectivity index (χ2n) is 6.45. The van der Waals surface area contributed by atoms with E-state index < -0.39 is 0 Å². The second-order valence-corrected chi connectivity index (χ2v) is 6.45. The molecular weight excluding hydrogens is 300 g/mol. The van der Waals surface area contributed by atoms with Crippen molar-refractivity contribution in [3.05, 3.63) is 41.9 Å². The first-order chi connectivity index (χ1) is 11.7. The van der Waals surface area contributed by atoms with E-state index in [0.29, 0.717) is 6.04 Å². The molecule has 0 radical (unpaired) electrons. The summed E-state index contributed by atoms with van der Waals surface area (Å²) in [5.74, 6) is 0.809. The Balaban J connectivity index is 1.68. The van der Waals surface area contributed by atoms with Crippen molar-refractivity contribution in [1.82, 2.24) is 25.1 Å². The van der Waals surface area contributed by atoms with Crippen molar-refractivity contribution in [1.29, 1.82) is 0 Å². The molecule has 2 N–H and O–H groups in total. The summed E-state index contributed by atoms with van der Waals surface area (Å²) in [5.41, 5.74) is 4.48. The van der Waals surface area contributed by atoms with E-state index in [2.05, 4.69) is 62.4 Å². The molecule has 1 fully saturated rings. The molecule has 1 saturated heterocycles. The van der Waals surface area contributed by atoms with Crippen LogP contribution in [0.4, 0.5) is 11.5 Å². The maximum atomic E-state index is 4.60. The van der Waals surface area contributed by atoms with Crippen molar-refractivity contribution < 1.29 is 0 Å². The lowest BCUT2D eigenvalue weighted by atomic mass is 10.1. The number of hydrogen-bond acceptors (Lipinski definition) is 5. The Kier molecular flexibility index (Phi) is 3.90. The van der Waals surface area contributed by atoms with Gasteiger partial charge in [0.1, 0.15) is 12.1 Å². The highest BCUT2D eigenvalue weighted by atomic mass is 15.3. The third-order valence-electron chi connectivity index (χ3n) is 4.82. The van der Waals surface area contributed by atoms with Crippen LogP contribution in [0.5, 0.6) is 0 Å². The summed E-state index contributed by atoms with van der Waals surface area (Å²) in [5, 5.41) is 12.4. The quantitative estimate of drug-likeness (QED) is 0.775. The smallest absolute Gasteiger partial charge is 0.163 e. The summed E-state index contributed by atoms with van der Waals surface area (Å²) in [6.07, 6.45) is 5.66. The van der Waals surface area contributed by atoms with Crippen molar-refractivity contribution in [2.45, 2.75) is 32.7 Å². The fourth-order valence-electron chi connectivity index (χ4n) is 3.24. The molecule has 4 rings (SSSR count). The Bertz CT molecular complexity index is 863. The van der Waals surface area contributed by atoms with Gasteiger partial charge in [-0.25, -0.2) is 14.6 Å². The van der Waals surface area contributed by atoms with Gasteiger partial charge >= 0.3 is 0 Å². The number of rotatable bonds is 3. The Hall–Kier alpha value is -2.47. The lowest BCUT2D eigenvalue weighted by Crippen LogP contribution is -2.29. The highest BCUT2D eigenvalue weighted by molar-refractivity contribution is 5.88. The van der Waals surface area contributed by atoms with E-state index in [9.17, 15) is 0 Å². The van der Waals surface area contributed by atoms with Crippen LogP contribution in [0.25, 0.3) is 11.0 Å². The lowest BCUT2D eigenvalue weighted by molar-refractivity contribution is 0.349. The van der Waals surface area contributed by atoms with E-state index in [1.165, 1.54) is 11.1 Å². The number of hydrogen-bond donors (Lipinski definition) is 2. The molecule has 0 unspecified atom stereocenters. The normalized spacial score (nSPS) is 15.8. The average molecular weight is 322 g/mol. The van der Waals surface area contributed by atoms with Gasteiger partial charge in [-0.3, -0.25) is 0 Å². The molecule has 0 saturated carbocycles. The molecule has 24 heavy (non-hydrogen) atoms. The summed E-state index contributed by atoms with van der Waals surface area (Å²) in [4.78, 5) is 8.90. The van der Waals surface area contributed by atoms with Crippen LogP contribution < -0.4 is 10.6 Å². The van der Waals surface area contributed by atoms with Gasteiger partial charge in [0.25, 0.3) is 0 Å². The van der Waals surface area contributed by atoms with Gasteiger partial charge in [0.2, 0.25) is 0 Å². The fourth-order valence-corrected chi connectivity index (χ4v) is 3.24. The predicted octanol–water partition coefficient (Wildman–Crippen LogP) is 3.11. The van der Waals surface area contributed by atoms with Gasteiger partial charge in [-0.05, 0) is 63.0 Å². The van der Waals surface area contributed by atoms with E-state index in [1.807, 2.05) is 6.20 Å². The Morgan fingerprint density at radius 2 is 1.96 bits per heavy atom. The topological polar surface area (TPSA) is 67.7 Å². The third-order valence-corrected chi connectivity index (χ3v) is 4.82. The minimum absolute atomic E-state index is 0.410. The van der Waals surface area contributed by atoms with E-state index in [4.69, 9.17) is 0 Å². The standard InChI is InChI=1S/C18H22N6/c1-12-3-4-14(9-13(12)2)23-17-16-10-22-24(18(16)21-11-20-17)15-5-7-19-8-6-15/h3-4,9-11,15,19H,5-8H2,1-2H3,(H,20,21,23). The molecule has 0 aliphatic carbocycles. The van der Waals surface area contributed by atoms with Crippen LogP contribution in [0.1, 0.15) is 30.0 Å². The zero-order valence-electron chi connectivity index (χ0n) is 14.1. The number of aromatic nitrogens is 4. The maximum absolute atomic E-state index is 4.60. The van der Waals surface area contributed by atoms with Crippen LogP contribution in [0.15, 0.2) is 30.7 Å². The average Bonchev–Trinajstić information content (AvgIpc) is 3.04. The molecular formula is C18H22N6. The van der Waals surface area contributed by atoms with Crippen molar-refractivity contribution >= 4 is 22.5 Å². The zero-order valence-corrected chi connectivity index (χ0v) is 14.1.